The molecule has 0 unspecified atom stereocenters. The number of rotatable bonds is 4. The highest BCUT2D eigenvalue weighted by Gasteiger charge is 2.14. The number of benzene rings is 1. The molecule has 6 nitrogen and oxygen atoms in total. The maximum Gasteiger partial charge on any atom is 0.346 e. The van der Waals surface area contributed by atoms with Crippen LogP contribution in [0.4, 0.5) is 0 Å². The van der Waals surface area contributed by atoms with Crippen LogP contribution in [0.15, 0.2) is 30.6 Å². The molecule has 1 aromatic heterocycles. The van der Waals surface area contributed by atoms with Crippen LogP contribution in [0.1, 0.15) is 22.8 Å². The zero-order chi connectivity index (χ0) is 14.5. The molecule has 0 N–H and O–H groups in total. The number of hydrogen-bond donors (Lipinski definition) is 0. The van der Waals surface area contributed by atoms with Gasteiger partial charge < -0.3 is 9.47 Å². The van der Waals surface area contributed by atoms with E-state index in [0.29, 0.717) is 23.4 Å². The summed E-state index contributed by atoms with van der Waals surface area (Å²) in [6.07, 6.45) is 3.06. The SMILES string of the molecule is CCn1cc(C(=O)Oc2ccc(C#N)cc2OC)cn1. The van der Waals surface area contributed by atoms with Crippen molar-refractivity contribution in [1.29, 1.82) is 5.26 Å². The van der Waals surface area contributed by atoms with Gasteiger partial charge in [0.05, 0.1) is 30.5 Å². The lowest BCUT2D eigenvalue weighted by atomic mass is 10.2. The number of aryl methyl sites for hydroxylation is 1. The first-order chi connectivity index (χ1) is 9.67. The number of hydrogen-bond acceptors (Lipinski definition) is 5. The number of carbonyl (C=O) groups excluding carboxylic acids is 1. The maximum atomic E-state index is 12.0. The second-order valence-corrected chi connectivity index (χ2v) is 3.95. The Hall–Kier alpha value is -2.81. The van der Waals surface area contributed by atoms with Crippen LogP contribution in [0.3, 0.4) is 0 Å². The normalized spacial score (nSPS) is 9.85. The Bertz CT molecular complexity index is 671. The highest BCUT2D eigenvalue weighted by atomic mass is 16.6. The number of carbonyl (C=O) groups is 1. The molecule has 0 saturated heterocycles. The average Bonchev–Trinajstić information content (AvgIpc) is 2.96. The Labute approximate surface area is 116 Å². The van der Waals surface area contributed by atoms with Crippen LogP contribution in [0.5, 0.6) is 11.5 Å². The molecule has 2 aromatic rings. The Morgan fingerprint density at radius 1 is 1.45 bits per heavy atom. The standard InChI is InChI=1S/C14H13N3O3/c1-3-17-9-11(8-16-17)14(18)20-12-5-4-10(7-15)6-13(12)19-2/h4-6,8-9H,3H2,1-2H3. The van der Waals surface area contributed by atoms with Crippen molar-refractivity contribution in [2.75, 3.05) is 7.11 Å². The number of ether oxygens (including phenoxy) is 2. The molecule has 0 spiro atoms. The maximum absolute atomic E-state index is 12.0. The molecule has 0 radical (unpaired) electrons. The van der Waals surface area contributed by atoms with E-state index in [1.54, 1.807) is 16.9 Å². The van der Waals surface area contributed by atoms with E-state index in [-0.39, 0.29) is 5.75 Å². The van der Waals surface area contributed by atoms with Gasteiger partial charge in [0.1, 0.15) is 0 Å². The van der Waals surface area contributed by atoms with Crippen molar-refractivity contribution < 1.29 is 14.3 Å². The van der Waals surface area contributed by atoms with Crippen LogP contribution in [0.2, 0.25) is 0 Å². The highest BCUT2D eigenvalue weighted by molar-refractivity contribution is 5.90. The minimum Gasteiger partial charge on any atom is -0.493 e. The summed E-state index contributed by atoms with van der Waals surface area (Å²) in [6, 6.07) is 6.59. The Kier molecular flexibility index (Phi) is 4.01. The van der Waals surface area contributed by atoms with Gasteiger partial charge in [-0.05, 0) is 19.1 Å². The Balaban J connectivity index is 2.21. The topological polar surface area (TPSA) is 77.1 Å². The third-order valence-electron chi connectivity index (χ3n) is 2.69. The molecule has 0 aliphatic heterocycles. The van der Waals surface area contributed by atoms with Crippen LogP contribution in [-0.4, -0.2) is 22.9 Å². The first-order valence-electron chi connectivity index (χ1n) is 6.00. The lowest BCUT2D eigenvalue weighted by Crippen LogP contribution is -2.08. The van der Waals surface area contributed by atoms with Crippen molar-refractivity contribution in [3.05, 3.63) is 41.7 Å². The molecule has 0 atom stereocenters. The summed E-state index contributed by atoms with van der Waals surface area (Å²) < 4.78 is 12.0. The highest BCUT2D eigenvalue weighted by Crippen LogP contribution is 2.28. The predicted octanol–water partition coefficient (Wildman–Crippen LogP) is 2.00. The van der Waals surface area contributed by atoms with Crippen molar-refractivity contribution in [2.45, 2.75) is 13.5 Å². The fourth-order valence-electron chi connectivity index (χ4n) is 1.62. The molecule has 102 valence electrons. The minimum absolute atomic E-state index is 0.265. The molecular weight excluding hydrogens is 258 g/mol. The molecule has 1 aromatic carbocycles. The second-order valence-electron chi connectivity index (χ2n) is 3.95. The molecule has 0 aliphatic carbocycles. The van der Waals surface area contributed by atoms with E-state index in [2.05, 4.69) is 5.10 Å². The zero-order valence-electron chi connectivity index (χ0n) is 11.2. The molecule has 0 amide bonds. The van der Waals surface area contributed by atoms with Crippen molar-refractivity contribution in [1.82, 2.24) is 9.78 Å². The van der Waals surface area contributed by atoms with E-state index < -0.39 is 5.97 Å². The van der Waals surface area contributed by atoms with Gasteiger partial charge in [-0.2, -0.15) is 10.4 Å². The molecule has 0 bridgehead atoms. The van der Waals surface area contributed by atoms with Gasteiger partial charge in [-0.3, -0.25) is 4.68 Å². The van der Waals surface area contributed by atoms with Crippen LogP contribution in [-0.2, 0) is 6.54 Å². The van der Waals surface area contributed by atoms with Gasteiger partial charge in [0, 0.05) is 18.8 Å². The Morgan fingerprint density at radius 3 is 2.85 bits per heavy atom. The van der Waals surface area contributed by atoms with Gasteiger partial charge >= 0.3 is 5.97 Å². The summed E-state index contributed by atoms with van der Waals surface area (Å²) in [5, 5.41) is 12.8. The summed E-state index contributed by atoms with van der Waals surface area (Å²) in [4.78, 5) is 12.0. The Morgan fingerprint density at radius 2 is 2.25 bits per heavy atom. The number of aromatic nitrogens is 2. The van der Waals surface area contributed by atoms with E-state index in [9.17, 15) is 4.79 Å². The smallest absolute Gasteiger partial charge is 0.346 e. The van der Waals surface area contributed by atoms with Gasteiger partial charge in [0.2, 0.25) is 0 Å². The summed E-state index contributed by atoms with van der Waals surface area (Å²) in [7, 11) is 1.45. The van der Waals surface area contributed by atoms with Gasteiger partial charge in [0.25, 0.3) is 0 Å². The predicted molar refractivity (Wildman–Crippen MR) is 70.6 cm³/mol. The number of methoxy groups -OCH3 is 1. The monoisotopic (exact) mass is 271 g/mol. The van der Waals surface area contributed by atoms with Gasteiger partial charge in [-0.25, -0.2) is 4.79 Å². The van der Waals surface area contributed by atoms with Crippen LogP contribution in [0, 0.1) is 11.3 Å². The van der Waals surface area contributed by atoms with Crippen LogP contribution < -0.4 is 9.47 Å². The summed E-state index contributed by atoms with van der Waals surface area (Å²) in [5.41, 5.74) is 0.790. The second kappa shape index (κ2) is 5.89. The molecule has 0 saturated carbocycles. The summed E-state index contributed by atoms with van der Waals surface area (Å²) >= 11 is 0. The van der Waals surface area contributed by atoms with Gasteiger partial charge in [-0.1, -0.05) is 0 Å². The quantitative estimate of drug-likeness (QED) is 0.628. The zero-order valence-corrected chi connectivity index (χ0v) is 11.2. The van der Waals surface area contributed by atoms with Crippen molar-refractivity contribution >= 4 is 5.97 Å². The van der Waals surface area contributed by atoms with E-state index in [0.717, 1.165) is 0 Å². The van der Waals surface area contributed by atoms with Gasteiger partial charge in [0.15, 0.2) is 11.5 Å². The van der Waals surface area contributed by atoms with E-state index in [4.69, 9.17) is 14.7 Å². The van der Waals surface area contributed by atoms with Crippen molar-refractivity contribution in [2.24, 2.45) is 0 Å². The molecule has 0 fully saturated rings. The van der Waals surface area contributed by atoms with E-state index in [1.165, 1.54) is 25.4 Å². The number of nitriles is 1. The van der Waals surface area contributed by atoms with Crippen LogP contribution in [0.25, 0.3) is 0 Å². The average molecular weight is 271 g/mol. The van der Waals surface area contributed by atoms with E-state index >= 15 is 0 Å². The van der Waals surface area contributed by atoms with Crippen LogP contribution >= 0.6 is 0 Å². The largest absolute Gasteiger partial charge is 0.493 e. The molecule has 20 heavy (non-hydrogen) atoms. The lowest BCUT2D eigenvalue weighted by molar-refractivity contribution is 0.0729. The molecule has 6 heteroatoms. The number of nitrogens with zero attached hydrogens (tertiary/aromatic N) is 3. The molecule has 0 aliphatic rings. The molecule has 2 rings (SSSR count). The van der Waals surface area contributed by atoms with Gasteiger partial charge in [-0.15, -0.1) is 0 Å². The van der Waals surface area contributed by atoms with Crippen molar-refractivity contribution in [3.63, 3.8) is 0 Å². The van der Waals surface area contributed by atoms with Crippen molar-refractivity contribution in [3.8, 4) is 17.6 Å². The first kappa shape index (κ1) is 13.6. The number of esters is 1. The third-order valence-corrected chi connectivity index (χ3v) is 2.69. The fraction of sp³-hybridized carbons (Fsp3) is 0.214. The molecular formula is C14H13N3O3. The fourth-order valence-corrected chi connectivity index (χ4v) is 1.62. The third kappa shape index (κ3) is 2.78. The summed E-state index contributed by atoms with van der Waals surface area (Å²) in [5.74, 6) is 0.0775. The summed E-state index contributed by atoms with van der Waals surface area (Å²) in [6.45, 7) is 2.60. The lowest BCUT2D eigenvalue weighted by Gasteiger charge is -2.08. The molecule has 1 heterocycles. The van der Waals surface area contributed by atoms with E-state index in [1.807, 2.05) is 13.0 Å². The first-order valence-corrected chi connectivity index (χ1v) is 6.00. The minimum atomic E-state index is -0.521.